The Hall–Kier alpha value is 2.95. The first-order valence-corrected chi connectivity index (χ1v) is 7.25. The Labute approximate surface area is 88.8 Å². The van der Waals surface area contributed by atoms with Crippen LogP contribution in [0.4, 0.5) is 0 Å². The van der Waals surface area contributed by atoms with Crippen LogP contribution in [0.5, 0.6) is 0 Å². The maximum absolute atomic E-state index is 2.09. The van der Waals surface area contributed by atoms with E-state index in [1.54, 1.807) is 0 Å². The summed E-state index contributed by atoms with van der Waals surface area (Å²) >= 11 is 2.09. The van der Waals surface area contributed by atoms with Gasteiger partial charge in [-0.3, -0.25) is 0 Å². The largest absolute Gasteiger partial charge is 0 e. The second-order valence-corrected chi connectivity index (χ2v) is 0. The molecule has 0 heterocycles. The predicted molar refractivity (Wildman–Crippen MR) is 28.4 cm³/mol. The average molecular weight is 326 g/mol. The Morgan fingerprint density at radius 2 is 1.20 bits per heavy atom. The summed E-state index contributed by atoms with van der Waals surface area (Å²) in [5, 5.41) is 0. The molecular weight excluding hydrogens is 318 g/mol. The van der Waals surface area contributed by atoms with Gasteiger partial charge in [-0.2, -0.15) is 0 Å². The van der Waals surface area contributed by atoms with Crippen molar-refractivity contribution >= 4 is 49.5 Å². The second kappa shape index (κ2) is 28.3. The van der Waals surface area contributed by atoms with Crippen molar-refractivity contribution in [2.24, 2.45) is 0 Å². The van der Waals surface area contributed by atoms with Crippen LogP contribution in [0, 0.1) is 0 Å². The molecule has 0 amide bonds. The zero-order chi connectivity index (χ0) is 2.00. The van der Waals surface area contributed by atoms with E-state index >= 15 is 0 Å². The molecule has 0 rings (SSSR count). The van der Waals surface area contributed by atoms with E-state index in [4.69, 9.17) is 0 Å². The first-order chi connectivity index (χ1) is 1.00. The summed E-state index contributed by atoms with van der Waals surface area (Å²) < 4.78 is 0. The van der Waals surface area contributed by atoms with Gasteiger partial charge in [0, 0.05) is 21.7 Å². The van der Waals surface area contributed by atoms with E-state index < -0.39 is 0 Å². The van der Waals surface area contributed by atoms with E-state index in [1.807, 2.05) is 0 Å². The van der Waals surface area contributed by atoms with Crippen LogP contribution in [0.25, 0.3) is 0 Å². The molecule has 0 aliphatic carbocycles. The van der Waals surface area contributed by atoms with E-state index in [0.29, 0.717) is 0 Å². The molecule has 0 unspecified atom stereocenters. The second-order valence-electron chi connectivity index (χ2n) is 0. The van der Waals surface area contributed by atoms with Crippen LogP contribution in [0.2, 0.25) is 0 Å². The number of rotatable bonds is 0. The van der Waals surface area contributed by atoms with Gasteiger partial charge in [-0.25, -0.2) is 0 Å². The summed E-state index contributed by atoms with van der Waals surface area (Å²) in [6, 6.07) is 0. The molecule has 0 saturated heterocycles. The van der Waals surface area contributed by atoms with Gasteiger partial charge in [-0.15, -0.1) is 0 Å². The van der Waals surface area contributed by atoms with E-state index in [1.165, 1.54) is 8.21 Å². The summed E-state index contributed by atoms with van der Waals surface area (Å²) in [4.78, 5) is 0. The Bertz CT molecular complexity index is 11.6. The SMILES string of the molecule is [AlH3].[SiH3][Mo].[SnH2].[Ti]. The zero-order valence-electron chi connectivity index (χ0n) is 2.62. The molecule has 0 fully saturated rings. The molecule has 5 heteroatoms. The quantitative estimate of drug-likeness (QED) is 0.410. The van der Waals surface area contributed by atoms with E-state index in [9.17, 15) is 0 Å². The van der Waals surface area contributed by atoms with Crippen LogP contribution < -0.4 is 0 Å². The summed E-state index contributed by atoms with van der Waals surface area (Å²) in [5.41, 5.74) is 0. The standard InChI is InChI=1S/Al.Mo.H3Si.Sn.Ti.5H/h;;1H3;;;;;;;. The monoisotopic (exact) mass is 329 g/mol. The van der Waals surface area contributed by atoms with Crippen LogP contribution in [0.3, 0.4) is 0 Å². The molecular formula is H8AlMoSiSnTi. The maximum atomic E-state index is 2.09. The minimum absolute atomic E-state index is 0. The molecule has 0 aliphatic rings. The predicted octanol–water partition coefficient (Wildman–Crippen LogP) is -3.29. The van der Waals surface area contributed by atoms with Gasteiger partial charge in [0.05, 0.1) is 0 Å². The first-order valence-electron chi connectivity index (χ1n) is 0.408. The topological polar surface area (TPSA) is 0 Å². The molecule has 0 aliphatic heterocycles. The van der Waals surface area contributed by atoms with Crippen molar-refractivity contribution in [2.75, 3.05) is 0 Å². The fourth-order valence-corrected chi connectivity index (χ4v) is 0. The molecule has 29 valence electrons. The molecule has 0 spiro atoms. The van der Waals surface area contributed by atoms with Gasteiger partial charge in [-0.05, 0) is 0 Å². The summed E-state index contributed by atoms with van der Waals surface area (Å²) in [6.07, 6.45) is 0. The Morgan fingerprint density at radius 3 is 1.20 bits per heavy atom. The first kappa shape index (κ1) is 24.6. The van der Waals surface area contributed by atoms with Crippen molar-refractivity contribution in [3.8, 4) is 0 Å². The van der Waals surface area contributed by atoms with Crippen LogP contribution in [0.1, 0.15) is 0 Å². The fourth-order valence-electron chi connectivity index (χ4n) is 0. The van der Waals surface area contributed by atoms with Gasteiger partial charge in [0.2, 0.25) is 0 Å². The van der Waals surface area contributed by atoms with Crippen LogP contribution >= 0.6 is 0 Å². The van der Waals surface area contributed by atoms with Crippen molar-refractivity contribution < 1.29 is 40.8 Å². The normalized spacial score (nSPS) is 1.60. The van der Waals surface area contributed by atoms with Crippen molar-refractivity contribution in [1.82, 2.24) is 0 Å². The summed E-state index contributed by atoms with van der Waals surface area (Å²) in [7, 11) is 1.32. The summed E-state index contributed by atoms with van der Waals surface area (Å²) in [5.74, 6) is 0. The average Bonchev–Trinajstić information content (AvgIpc) is 1.00. The van der Waals surface area contributed by atoms with Crippen LogP contribution in [-0.2, 0) is 40.8 Å². The zero-order valence-corrected chi connectivity index (χ0v) is 12.2. The Balaban J connectivity index is -0.00000000167. The Kier molecular flexibility index (Phi) is 139. The van der Waals surface area contributed by atoms with E-state index in [0.717, 1.165) is 0 Å². The van der Waals surface area contributed by atoms with E-state index in [2.05, 4.69) is 19.1 Å². The van der Waals surface area contributed by atoms with Crippen LogP contribution in [0.15, 0.2) is 0 Å². The molecule has 0 bridgehead atoms. The van der Waals surface area contributed by atoms with Gasteiger partial charge < -0.3 is 0 Å². The minimum Gasteiger partial charge on any atom is 0 e. The molecule has 2 radical (unpaired) electrons. The van der Waals surface area contributed by atoms with Crippen molar-refractivity contribution in [2.45, 2.75) is 0 Å². The third kappa shape index (κ3) is 19.6. The fraction of sp³-hybridized carbons (Fsp3) is 0. The van der Waals surface area contributed by atoms with Crippen molar-refractivity contribution in [3.05, 3.63) is 0 Å². The van der Waals surface area contributed by atoms with Crippen LogP contribution in [-0.4, -0.2) is 49.5 Å². The molecule has 0 atom stereocenters. The third-order valence-electron chi connectivity index (χ3n) is 0. The minimum atomic E-state index is 0. The molecule has 0 aromatic heterocycles. The van der Waals surface area contributed by atoms with Gasteiger partial charge in [0.15, 0.2) is 17.4 Å². The maximum Gasteiger partial charge on any atom is 0 e. The molecule has 0 nitrogen and oxygen atoms in total. The molecule has 0 saturated carbocycles. The van der Waals surface area contributed by atoms with Gasteiger partial charge in [0.25, 0.3) is 0 Å². The molecule has 0 aromatic carbocycles. The number of hydrogen-bond acceptors (Lipinski definition) is 0. The van der Waals surface area contributed by atoms with Gasteiger partial charge in [-0.1, -0.05) is 0 Å². The van der Waals surface area contributed by atoms with Crippen molar-refractivity contribution in [3.63, 3.8) is 0 Å². The van der Waals surface area contributed by atoms with E-state index in [-0.39, 0.29) is 63.0 Å². The Morgan fingerprint density at radius 1 is 1.20 bits per heavy atom. The van der Waals surface area contributed by atoms with Gasteiger partial charge >= 0.3 is 51.2 Å². The van der Waals surface area contributed by atoms with Crippen molar-refractivity contribution in [1.29, 1.82) is 0 Å². The third-order valence-corrected chi connectivity index (χ3v) is 0. The molecule has 0 N–H and O–H groups in total. The number of hydrogen-bond donors (Lipinski definition) is 0. The smallest absolute Gasteiger partial charge is 0 e. The van der Waals surface area contributed by atoms with Gasteiger partial charge in [0.1, 0.15) is 0 Å². The molecule has 0 aromatic rings. The summed E-state index contributed by atoms with van der Waals surface area (Å²) in [6.45, 7) is 0. The molecule has 5 heavy (non-hydrogen) atoms.